The quantitative estimate of drug-likeness (QED) is 0.767. The Balaban J connectivity index is 1.69. The van der Waals surface area contributed by atoms with Crippen molar-refractivity contribution in [1.29, 1.82) is 0 Å². The lowest BCUT2D eigenvalue weighted by atomic mass is 10.1. The van der Waals surface area contributed by atoms with Crippen molar-refractivity contribution in [1.82, 2.24) is 15.3 Å². The lowest BCUT2D eigenvalue weighted by molar-refractivity contribution is 0.133. The summed E-state index contributed by atoms with van der Waals surface area (Å²) in [4.78, 5) is 8.79. The predicted molar refractivity (Wildman–Crippen MR) is 60.0 cm³/mol. The maximum absolute atomic E-state index is 5.32. The number of aromatic nitrogens is 2. The Kier molecular flexibility index (Phi) is 2.71. The smallest absolute Gasteiger partial charge is 0.223 e. The molecular weight excluding hydrogens is 204 g/mol. The van der Waals surface area contributed by atoms with E-state index in [-0.39, 0.29) is 0 Å². The van der Waals surface area contributed by atoms with Crippen molar-refractivity contribution < 1.29 is 4.74 Å². The fourth-order valence-corrected chi connectivity index (χ4v) is 2.17. The molecule has 1 aromatic rings. The fourth-order valence-electron chi connectivity index (χ4n) is 2.17. The zero-order valence-corrected chi connectivity index (χ0v) is 9.20. The van der Waals surface area contributed by atoms with Crippen molar-refractivity contribution in [3.8, 4) is 0 Å². The van der Waals surface area contributed by atoms with Crippen LogP contribution in [-0.2, 0) is 18.0 Å². The highest BCUT2D eigenvalue weighted by molar-refractivity contribution is 5.31. The molecule has 0 aliphatic carbocycles. The molecule has 3 heterocycles. The van der Waals surface area contributed by atoms with E-state index in [0.717, 1.165) is 30.3 Å². The van der Waals surface area contributed by atoms with Gasteiger partial charge in [0.1, 0.15) is 0 Å². The van der Waals surface area contributed by atoms with Gasteiger partial charge in [0.2, 0.25) is 5.95 Å². The van der Waals surface area contributed by atoms with Gasteiger partial charge in [-0.1, -0.05) is 0 Å². The normalized spacial score (nSPS) is 24.1. The molecule has 1 atom stereocenters. The number of ether oxygens (including phenoxy) is 1. The molecule has 2 aliphatic heterocycles. The molecule has 1 aromatic heterocycles. The molecule has 3 rings (SSSR count). The number of fused-ring (bicyclic) bond motifs is 1. The van der Waals surface area contributed by atoms with Gasteiger partial charge < -0.3 is 15.4 Å². The minimum Gasteiger partial charge on any atom is -0.370 e. The Morgan fingerprint density at radius 2 is 2.44 bits per heavy atom. The molecule has 0 spiro atoms. The maximum Gasteiger partial charge on any atom is 0.223 e. The molecule has 0 radical (unpaired) electrons. The van der Waals surface area contributed by atoms with Gasteiger partial charge in [0.05, 0.1) is 18.9 Å². The molecule has 0 bridgehead atoms. The molecule has 2 N–H and O–H groups in total. The average Bonchev–Trinajstić information content (AvgIpc) is 2.77. The number of piperidine rings is 1. The molecular formula is C11H16N4O. The van der Waals surface area contributed by atoms with E-state index in [1.165, 1.54) is 12.8 Å². The van der Waals surface area contributed by atoms with Crippen LogP contribution < -0.4 is 10.6 Å². The first-order valence-electron chi connectivity index (χ1n) is 5.81. The van der Waals surface area contributed by atoms with Crippen molar-refractivity contribution in [2.45, 2.75) is 32.1 Å². The predicted octanol–water partition coefficient (Wildman–Crippen LogP) is 0.671. The number of rotatable bonds is 2. The van der Waals surface area contributed by atoms with Gasteiger partial charge in [-0.05, 0) is 19.4 Å². The van der Waals surface area contributed by atoms with Gasteiger partial charge in [0.25, 0.3) is 0 Å². The Labute approximate surface area is 94.6 Å². The topological polar surface area (TPSA) is 59.1 Å². The highest BCUT2D eigenvalue weighted by atomic mass is 16.5. The van der Waals surface area contributed by atoms with Crippen LogP contribution in [0.2, 0.25) is 0 Å². The second kappa shape index (κ2) is 4.35. The van der Waals surface area contributed by atoms with E-state index in [0.29, 0.717) is 19.3 Å². The Hall–Kier alpha value is -1.20. The Morgan fingerprint density at radius 1 is 1.44 bits per heavy atom. The van der Waals surface area contributed by atoms with Crippen LogP contribution in [0.4, 0.5) is 5.95 Å². The first kappa shape index (κ1) is 9.99. The van der Waals surface area contributed by atoms with E-state index in [9.17, 15) is 0 Å². The molecule has 0 aromatic carbocycles. The van der Waals surface area contributed by atoms with Crippen molar-refractivity contribution in [3.05, 3.63) is 17.5 Å². The van der Waals surface area contributed by atoms with Crippen molar-refractivity contribution in [2.75, 3.05) is 18.4 Å². The van der Waals surface area contributed by atoms with Crippen molar-refractivity contribution >= 4 is 5.95 Å². The maximum atomic E-state index is 5.32. The summed E-state index contributed by atoms with van der Waals surface area (Å²) in [7, 11) is 0. The first-order chi connectivity index (χ1) is 7.92. The number of hydrogen-bond acceptors (Lipinski definition) is 5. The lowest BCUT2D eigenvalue weighted by Crippen LogP contribution is -2.38. The van der Waals surface area contributed by atoms with Gasteiger partial charge in [-0.25, -0.2) is 9.97 Å². The van der Waals surface area contributed by atoms with Crippen LogP contribution >= 0.6 is 0 Å². The lowest BCUT2D eigenvalue weighted by Gasteiger charge is -2.23. The van der Waals surface area contributed by atoms with Crippen molar-refractivity contribution in [3.63, 3.8) is 0 Å². The van der Waals surface area contributed by atoms with E-state index in [1.807, 2.05) is 6.20 Å². The van der Waals surface area contributed by atoms with Crippen LogP contribution in [0.25, 0.3) is 0 Å². The summed E-state index contributed by atoms with van der Waals surface area (Å²) in [5.41, 5.74) is 2.15. The van der Waals surface area contributed by atoms with E-state index in [2.05, 4.69) is 20.6 Å². The first-order valence-corrected chi connectivity index (χ1v) is 5.81. The third-order valence-corrected chi connectivity index (χ3v) is 3.08. The summed E-state index contributed by atoms with van der Waals surface area (Å²) >= 11 is 0. The van der Waals surface area contributed by atoms with Crippen LogP contribution in [0, 0.1) is 0 Å². The van der Waals surface area contributed by atoms with Gasteiger partial charge >= 0.3 is 0 Å². The molecule has 1 unspecified atom stereocenters. The molecule has 0 saturated carbocycles. The minimum atomic E-state index is 0.453. The number of anilines is 1. The van der Waals surface area contributed by atoms with Gasteiger partial charge in [0.15, 0.2) is 0 Å². The second-order valence-electron chi connectivity index (χ2n) is 4.35. The molecule has 1 fully saturated rings. The van der Waals surface area contributed by atoms with Crippen LogP contribution in [0.5, 0.6) is 0 Å². The highest BCUT2D eigenvalue weighted by Gasteiger charge is 2.17. The van der Waals surface area contributed by atoms with E-state index < -0.39 is 0 Å². The van der Waals surface area contributed by atoms with E-state index in [4.69, 9.17) is 4.74 Å². The second-order valence-corrected chi connectivity index (χ2v) is 4.35. The van der Waals surface area contributed by atoms with Gasteiger partial charge in [-0.2, -0.15) is 0 Å². The van der Waals surface area contributed by atoms with Crippen LogP contribution in [0.3, 0.4) is 0 Å². The van der Waals surface area contributed by atoms with Crippen LogP contribution in [0.15, 0.2) is 6.20 Å². The van der Waals surface area contributed by atoms with Crippen molar-refractivity contribution in [2.24, 2.45) is 0 Å². The minimum absolute atomic E-state index is 0.453. The number of hydrogen-bond donors (Lipinski definition) is 2. The average molecular weight is 220 g/mol. The summed E-state index contributed by atoms with van der Waals surface area (Å²) in [6.45, 7) is 3.39. The SMILES string of the molecule is c1nc(NC2CCCNC2)nc2c1COC2. The van der Waals surface area contributed by atoms with Crippen LogP contribution in [-0.4, -0.2) is 29.1 Å². The summed E-state index contributed by atoms with van der Waals surface area (Å²) in [5.74, 6) is 0.734. The Morgan fingerprint density at radius 3 is 3.31 bits per heavy atom. The zero-order valence-electron chi connectivity index (χ0n) is 9.20. The molecule has 16 heavy (non-hydrogen) atoms. The standard InChI is InChI=1S/C11H16N4O/c1-2-9(5-12-3-1)14-11-13-4-8-6-16-7-10(8)15-11/h4,9,12H,1-3,5-7H2,(H,13,14,15). The summed E-state index contributed by atoms with van der Waals surface area (Å²) in [5, 5.41) is 6.73. The van der Waals surface area contributed by atoms with E-state index >= 15 is 0 Å². The largest absolute Gasteiger partial charge is 0.370 e. The molecule has 86 valence electrons. The molecule has 0 amide bonds. The molecule has 1 saturated heterocycles. The van der Waals surface area contributed by atoms with Gasteiger partial charge in [-0.3, -0.25) is 0 Å². The highest BCUT2D eigenvalue weighted by Crippen LogP contribution is 2.18. The summed E-state index contributed by atoms with van der Waals surface area (Å²) < 4.78 is 5.32. The molecule has 5 heteroatoms. The van der Waals surface area contributed by atoms with Crippen LogP contribution in [0.1, 0.15) is 24.1 Å². The monoisotopic (exact) mass is 220 g/mol. The van der Waals surface area contributed by atoms with E-state index in [1.54, 1.807) is 0 Å². The van der Waals surface area contributed by atoms with Gasteiger partial charge in [0, 0.05) is 24.3 Å². The fraction of sp³-hybridized carbons (Fsp3) is 0.636. The van der Waals surface area contributed by atoms with Gasteiger partial charge in [-0.15, -0.1) is 0 Å². The summed E-state index contributed by atoms with van der Waals surface area (Å²) in [6.07, 6.45) is 4.27. The molecule has 2 aliphatic rings. The number of nitrogens with zero attached hydrogens (tertiary/aromatic N) is 2. The third kappa shape index (κ3) is 2.01. The number of nitrogens with one attached hydrogen (secondary N) is 2. The summed E-state index contributed by atoms with van der Waals surface area (Å²) in [6, 6.07) is 0.453. The third-order valence-electron chi connectivity index (χ3n) is 3.08. The molecule has 5 nitrogen and oxygen atoms in total. The Bertz CT molecular complexity index is 376. The zero-order chi connectivity index (χ0) is 10.8.